The van der Waals surface area contributed by atoms with Gasteiger partial charge < -0.3 is 0 Å². The first kappa shape index (κ1) is 10.5. The van der Waals surface area contributed by atoms with Crippen molar-refractivity contribution in [2.75, 3.05) is 0 Å². The summed E-state index contributed by atoms with van der Waals surface area (Å²) >= 11 is 0. The van der Waals surface area contributed by atoms with E-state index in [4.69, 9.17) is 0 Å². The Balaban J connectivity index is 3.87. The van der Waals surface area contributed by atoms with E-state index in [2.05, 4.69) is 45.9 Å². The fourth-order valence-electron chi connectivity index (χ4n) is 1.15. The zero-order chi connectivity index (χ0) is 8.69. The van der Waals surface area contributed by atoms with Crippen molar-refractivity contribution >= 4 is 0 Å². The lowest BCUT2D eigenvalue weighted by Gasteiger charge is -2.09. The highest BCUT2D eigenvalue weighted by atomic mass is 14.1. The summed E-state index contributed by atoms with van der Waals surface area (Å²) in [7, 11) is 0. The van der Waals surface area contributed by atoms with Crippen molar-refractivity contribution in [3.05, 3.63) is 23.8 Å². The Morgan fingerprint density at radius 2 is 2.00 bits per heavy atom. The van der Waals surface area contributed by atoms with Gasteiger partial charge in [0.15, 0.2) is 0 Å². The van der Waals surface area contributed by atoms with Crippen LogP contribution in [0.25, 0.3) is 0 Å². The van der Waals surface area contributed by atoms with Gasteiger partial charge in [0.2, 0.25) is 0 Å². The third-order valence-electron chi connectivity index (χ3n) is 2.07. The lowest BCUT2D eigenvalue weighted by Crippen LogP contribution is -1.94. The number of allylic oxidation sites excluding steroid dienone is 4. The summed E-state index contributed by atoms with van der Waals surface area (Å²) in [4.78, 5) is 0. The zero-order valence-corrected chi connectivity index (χ0v) is 8.22. The van der Waals surface area contributed by atoms with Gasteiger partial charge in [0.05, 0.1) is 0 Å². The molecule has 64 valence electrons. The summed E-state index contributed by atoms with van der Waals surface area (Å²) in [6.07, 6.45) is 9.11. The van der Waals surface area contributed by atoms with E-state index in [0.717, 1.165) is 5.92 Å². The fraction of sp³-hybridized carbons (Fsp3) is 0.636. The molecule has 0 aromatic carbocycles. The van der Waals surface area contributed by atoms with Crippen LogP contribution in [-0.2, 0) is 0 Å². The largest absolute Gasteiger partial charge is 0.0914 e. The molecule has 0 aliphatic carbocycles. The van der Waals surface area contributed by atoms with Gasteiger partial charge in [0.1, 0.15) is 0 Å². The van der Waals surface area contributed by atoms with Crippen molar-refractivity contribution in [1.29, 1.82) is 0 Å². The second kappa shape index (κ2) is 6.21. The third kappa shape index (κ3) is 4.83. The maximum absolute atomic E-state index is 2.30. The van der Waals surface area contributed by atoms with Crippen LogP contribution in [0.3, 0.4) is 0 Å². The van der Waals surface area contributed by atoms with Crippen LogP contribution in [0.4, 0.5) is 0 Å². The maximum atomic E-state index is 2.30. The monoisotopic (exact) mass is 152 g/mol. The quantitative estimate of drug-likeness (QED) is 0.535. The number of rotatable bonds is 4. The minimum atomic E-state index is 0.746. The topological polar surface area (TPSA) is 0 Å². The summed E-state index contributed by atoms with van der Waals surface area (Å²) in [6.45, 7) is 8.64. The highest BCUT2D eigenvalue weighted by molar-refractivity contribution is 5.00. The molecule has 0 rings (SSSR count). The SMILES string of the molecule is CC=CC(CC)CC(C)=CC. The molecule has 0 spiro atoms. The van der Waals surface area contributed by atoms with Crippen LogP contribution in [0.1, 0.15) is 40.5 Å². The molecule has 0 aromatic rings. The van der Waals surface area contributed by atoms with Crippen molar-refractivity contribution in [3.63, 3.8) is 0 Å². The standard InChI is InChI=1S/C11H20/c1-5-8-11(7-3)9-10(4)6-2/h5-6,8,11H,7,9H2,1-4H3. The van der Waals surface area contributed by atoms with E-state index >= 15 is 0 Å². The van der Waals surface area contributed by atoms with Gasteiger partial charge in [0, 0.05) is 0 Å². The van der Waals surface area contributed by atoms with E-state index in [1.165, 1.54) is 18.4 Å². The Bertz CT molecular complexity index is 140. The van der Waals surface area contributed by atoms with Crippen LogP contribution in [0, 0.1) is 5.92 Å². The smallest absolute Gasteiger partial charge is 0.0199 e. The van der Waals surface area contributed by atoms with Crippen LogP contribution < -0.4 is 0 Å². The van der Waals surface area contributed by atoms with Crippen LogP contribution in [0.15, 0.2) is 23.8 Å². The second-order valence-corrected chi connectivity index (χ2v) is 3.03. The fourth-order valence-corrected chi connectivity index (χ4v) is 1.15. The summed E-state index contributed by atoms with van der Waals surface area (Å²) in [5, 5.41) is 0. The Morgan fingerprint density at radius 1 is 1.36 bits per heavy atom. The Labute approximate surface area is 71.0 Å². The average molecular weight is 152 g/mol. The molecule has 0 heteroatoms. The molecule has 11 heavy (non-hydrogen) atoms. The van der Waals surface area contributed by atoms with E-state index in [1.54, 1.807) is 0 Å². The predicted molar refractivity (Wildman–Crippen MR) is 52.6 cm³/mol. The highest BCUT2D eigenvalue weighted by Crippen LogP contribution is 2.15. The Morgan fingerprint density at radius 3 is 2.36 bits per heavy atom. The molecule has 0 aromatic heterocycles. The predicted octanol–water partition coefficient (Wildman–Crippen LogP) is 3.95. The van der Waals surface area contributed by atoms with Gasteiger partial charge in [-0.1, -0.05) is 30.7 Å². The molecule has 0 amide bonds. The highest BCUT2D eigenvalue weighted by Gasteiger charge is 2.00. The molecule has 1 atom stereocenters. The Kier molecular flexibility index (Phi) is 5.91. The van der Waals surface area contributed by atoms with Crippen molar-refractivity contribution in [1.82, 2.24) is 0 Å². The van der Waals surface area contributed by atoms with Crippen LogP contribution >= 0.6 is 0 Å². The van der Waals surface area contributed by atoms with Crippen molar-refractivity contribution in [3.8, 4) is 0 Å². The van der Waals surface area contributed by atoms with Gasteiger partial charge in [-0.25, -0.2) is 0 Å². The van der Waals surface area contributed by atoms with E-state index in [-0.39, 0.29) is 0 Å². The molecule has 1 unspecified atom stereocenters. The van der Waals surface area contributed by atoms with Gasteiger partial charge in [-0.15, -0.1) is 0 Å². The lowest BCUT2D eigenvalue weighted by molar-refractivity contribution is 0.619. The van der Waals surface area contributed by atoms with Crippen LogP contribution in [0.2, 0.25) is 0 Å². The second-order valence-electron chi connectivity index (χ2n) is 3.03. The first-order valence-electron chi connectivity index (χ1n) is 4.49. The molecule has 0 aliphatic rings. The molecule has 0 heterocycles. The number of hydrogen-bond donors (Lipinski definition) is 0. The minimum absolute atomic E-state index is 0.746. The lowest BCUT2D eigenvalue weighted by atomic mass is 9.97. The van der Waals surface area contributed by atoms with Crippen molar-refractivity contribution < 1.29 is 0 Å². The van der Waals surface area contributed by atoms with Gasteiger partial charge >= 0.3 is 0 Å². The van der Waals surface area contributed by atoms with E-state index < -0.39 is 0 Å². The molecular formula is C11H20. The van der Waals surface area contributed by atoms with Crippen molar-refractivity contribution in [2.45, 2.75) is 40.5 Å². The summed E-state index contributed by atoms with van der Waals surface area (Å²) in [5.74, 6) is 0.746. The van der Waals surface area contributed by atoms with Crippen LogP contribution in [0.5, 0.6) is 0 Å². The molecule has 0 saturated carbocycles. The van der Waals surface area contributed by atoms with Gasteiger partial charge in [-0.3, -0.25) is 0 Å². The number of hydrogen-bond acceptors (Lipinski definition) is 0. The van der Waals surface area contributed by atoms with E-state index in [0.29, 0.717) is 0 Å². The zero-order valence-electron chi connectivity index (χ0n) is 8.22. The van der Waals surface area contributed by atoms with Gasteiger partial charge in [-0.05, 0) is 39.5 Å². The Hall–Kier alpha value is -0.520. The summed E-state index contributed by atoms with van der Waals surface area (Å²) < 4.78 is 0. The molecule has 0 N–H and O–H groups in total. The molecule has 0 bridgehead atoms. The molecule has 0 nitrogen and oxygen atoms in total. The molecule has 0 aliphatic heterocycles. The molecule has 0 radical (unpaired) electrons. The van der Waals surface area contributed by atoms with E-state index in [9.17, 15) is 0 Å². The summed E-state index contributed by atoms with van der Waals surface area (Å²) in [5.41, 5.74) is 1.50. The third-order valence-corrected chi connectivity index (χ3v) is 2.07. The minimum Gasteiger partial charge on any atom is -0.0914 e. The normalized spacial score (nSPS) is 15.8. The first-order chi connectivity index (χ1) is 5.24. The van der Waals surface area contributed by atoms with Gasteiger partial charge in [-0.2, -0.15) is 0 Å². The van der Waals surface area contributed by atoms with Crippen molar-refractivity contribution in [2.24, 2.45) is 5.92 Å². The van der Waals surface area contributed by atoms with Crippen LogP contribution in [-0.4, -0.2) is 0 Å². The summed E-state index contributed by atoms with van der Waals surface area (Å²) in [6, 6.07) is 0. The van der Waals surface area contributed by atoms with Gasteiger partial charge in [0.25, 0.3) is 0 Å². The van der Waals surface area contributed by atoms with E-state index in [1.807, 2.05) is 0 Å². The molecule has 0 fully saturated rings. The maximum Gasteiger partial charge on any atom is -0.0199 e. The molecular weight excluding hydrogens is 132 g/mol. The average Bonchev–Trinajstić information content (AvgIpc) is 2.03. The molecule has 0 saturated heterocycles. The first-order valence-corrected chi connectivity index (χ1v) is 4.49.